The number of benzene rings is 1. The van der Waals surface area contributed by atoms with Crippen molar-refractivity contribution < 1.29 is 4.39 Å². The summed E-state index contributed by atoms with van der Waals surface area (Å²) in [5.74, 6) is -0.393. The van der Waals surface area contributed by atoms with E-state index in [2.05, 4.69) is 15.9 Å². The molecule has 0 saturated heterocycles. The largest absolute Gasteiger partial charge is 0.207 e. The fraction of sp³-hybridized carbons (Fsp3) is 0.125. The lowest BCUT2D eigenvalue weighted by molar-refractivity contribution is 0.617. The van der Waals surface area contributed by atoms with Crippen LogP contribution in [0, 0.1) is 17.1 Å². The second kappa shape index (κ2) is 3.88. The Labute approximate surface area is 82.9 Å². The van der Waals surface area contributed by atoms with E-state index in [0.29, 0.717) is 16.5 Å². The first-order valence-electron chi connectivity index (χ1n) is 3.13. The second-order valence-corrected chi connectivity index (χ2v) is 3.14. The van der Waals surface area contributed by atoms with Crippen LogP contribution in [0.3, 0.4) is 0 Å². The van der Waals surface area contributed by atoms with Crippen LogP contribution in [0.5, 0.6) is 0 Å². The third-order valence-corrected chi connectivity index (χ3v) is 2.32. The lowest BCUT2D eigenvalue weighted by atomic mass is 10.1. The SMILES string of the molecule is N#Cc1cc(CBr)c(F)cc1Cl. The first-order valence-corrected chi connectivity index (χ1v) is 4.63. The number of nitriles is 1. The predicted octanol–water partition coefficient (Wildman–Crippen LogP) is 3.25. The van der Waals surface area contributed by atoms with Gasteiger partial charge in [-0.1, -0.05) is 27.5 Å². The van der Waals surface area contributed by atoms with Crippen molar-refractivity contribution in [2.24, 2.45) is 0 Å². The fourth-order valence-corrected chi connectivity index (χ4v) is 1.40. The summed E-state index contributed by atoms with van der Waals surface area (Å²) in [5, 5.41) is 9.09. The lowest BCUT2D eigenvalue weighted by Gasteiger charge is -2.00. The molecule has 0 heterocycles. The van der Waals surface area contributed by atoms with Gasteiger partial charge >= 0.3 is 0 Å². The fourth-order valence-electron chi connectivity index (χ4n) is 0.782. The van der Waals surface area contributed by atoms with E-state index in [-0.39, 0.29) is 5.02 Å². The highest BCUT2D eigenvalue weighted by molar-refractivity contribution is 9.08. The van der Waals surface area contributed by atoms with Crippen LogP contribution in [-0.4, -0.2) is 0 Å². The third-order valence-electron chi connectivity index (χ3n) is 1.40. The van der Waals surface area contributed by atoms with Gasteiger partial charge in [-0.25, -0.2) is 4.39 Å². The molecule has 0 aliphatic heterocycles. The van der Waals surface area contributed by atoms with E-state index < -0.39 is 5.82 Å². The minimum atomic E-state index is -0.393. The summed E-state index contributed by atoms with van der Waals surface area (Å²) in [6.07, 6.45) is 0. The summed E-state index contributed by atoms with van der Waals surface area (Å²) < 4.78 is 12.9. The minimum Gasteiger partial charge on any atom is -0.207 e. The Hall–Kier alpha value is -0.590. The van der Waals surface area contributed by atoms with Crippen LogP contribution in [0.2, 0.25) is 5.02 Å². The van der Waals surface area contributed by atoms with Gasteiger partial charge in [-0.2, -0.15) is 5.26 Å². The predicted molar refractivity (Wildman–Crippen MR) is 48.8 cm³/mol. The van der Waals surface area contributed by atoms with Crippen LogP contribution in [0.15, 0.2) is 12.1 Å². The Kier molecular flexibility index (Phi) is 3.07. The zero-order valence-electron chi connectivity index (χ0n) is 5.94. The highest BCUT2D eigenvalue weighted by atomic mass is 79.9. The Balaban J connectivity index is 3.30. The van der Waals surface area contributed by atoms with Crippen LogP contribution in [0.25, 0.3) is 0 Å². The number of nitrogens with zero attached hydrogens (tertiary/aromatic N) is 1. The molecule has 0 saturated carbocycles. The molecule has 0 fully saturated rings. The number of halogens is 3. The van der Waals surface area contributed by atoms with E-state index in [1.165, 1.54) is 6.07 Å². The third kappa shape index (κ3) is 1.77. The van der Waals surface area contributed by atoms with Crippen LogP contribution in [0.4, 0.5) is 4.39 Å². The molecule has 62 valence electrons. The molecule has 0 amide bonds. The van der Waals surface area contributed by atoms with Crippen LogP contribution >= 0.6 is 27.5 Å². The van der Waals surface area contributed by atoms with Crippen molar-refractivity contribution in [2.45, 2.75) is 5.33 Å². The molecule has 1 rings (SSSR count). The van der Waals surface area contributed by atoms with Crippen molar-refractivity contribution in [1.82, 2.24) is 0 Å². The average molecular weight is 248 g/mol. The Bertz CT molecular complexity index is 346. The maximum atomic E-state index is 12.9. The van der Waals surface area contributed by atoms with Crippen molar-refractivity contribution in [3.05, 3.63) is 34.1 Å². The zero-order valence-corrected chi connectivity index (χ0v) is 8.28. The smallest absolute Gasteiger partial charge is 0.128 e. The molecule has 0 N–H and O–H groups in total. The summed E-state index contributed by atoms with van der Waals surface area (Å²) in [7, 11) is 0. The van der Waals surface area contributed by atoms with E-state index in [0.717, 1.165) is 6.07 Å². The van der Waals surface area contributed by atoms with Crippen molar-refractivity contribution in [3.8, 4) is 6.07 Å². The normalized spacial score (nSPS) is 9.50. The first kappa shape index (κ1) is 9.50. The van der Waals surface area contributed by atoms with Crippen molar-refractivity contribution >= 4 is 27.5 Å². The van der Waals surface area contributed by atoms with Gasteiger partial charge in [-0.15, -0.1) is 0 Å². The molecular weight excluding hydrogens is 244 g/mol. The number of alkyl halides is 1. The number of hydrogen-bond donors (Lipinski definition) is 0. The number of rotatable bonds is 1. The quantitative estimate of drug-likeness (QED) is 0.700. The molecule has 1 aromatic rings. The standard InChI is InChI=1S/C8H4BrClFN/c9-3-5-1-6(4-12)7(10)2-8(5)11/h1-2H,3H2. The molecule has 0 aromatic heterocycles. The summed E-state index contributed by atoms with van der Waals surface area (Å²) >= 11 is 8.68. The Morgan fingerprint density at radius 1 is 1.58 bits per heavy atom. The second-order valence-electron chi connectivity index (χ2n) is 2.17. The molecule has 1 aromatic carbocycles. The lowest BCUT2D eigenvalue weighted by Crippen LogP contribution is -1.88. The van der Waals surface area contributed by atoms with E-state index >= 15 is 0 Å². The van der Waals surface area contributed by atoms with Gasteiger partial charge in [0.15, 0.2) is 0 Å². The monoisotopic (exact) mass is 247 g/mol. The van der Waals surface area contributed by atoms with Gasteiger partial charge in [0.25, 0.3) is 0 Å². The molecule has 0 bridgehead atoms. The van der Waals surface area contributed by atoms with Crippen LogP contribution in [0.1, 0.15) is 11.1 Å². The molecule has 1 nitrogen and oxygen atoms in total. The van der Waals surface area contributed by atoms with Gasteiger partial charge in [-0.3, -0.25) is 0 Å². The van der Waals surface area contributed by atoms with Crippen LogP contribution < -0.4 is 0 Å². The molecule has 4 heteroatoms. The van der Waals surface area contributed by atoms with E-state index in [4.69, 9.17) is 16.9 Å². The van der Waals surface area contributed by atoms with Gasteiger partial charge < -0.3 is 0 Å². The van der Waals surface area contributed by atoms with Crippen molar-refractivity contribution in [3.63, 3.8) is 0 Å². The average Bonchev–Trinajstić information content (AvgIpc) is 2.05. The van der Waals surface area contributed by atoms with Gasteiger partial charge in [0.1, 0.15) is 11.9 Å². The van der Waals surface area contributed by atoms with Gasteiger partial charge in [0.05, 0.1) is 10.6 Å². The van der Waals surface area contributed by atoms with Gasteiger partial charge in [0.2, 0.25) is 0 Å². The highest BCUT2D eigenvalue weighted by Crippen LogP contribution is 2.21. The molecule has 0 atom stereocenters. The molecular formula is C8H4BrClFN. The van der Waals surface area contributed by atoms with Crippen molar-refractivity contribution in [2.75, 3.05) is 0 Å². The summed E-state index contributed by atoms with van der Waals surface area (Å²) in [4.78, 5) is 0. The number of hydrogen-bond acceptors (Lipinski definition) is 1. The summed E-state index contributed by atoms with van der Waals surface area (Å²) in [6.45, 7) is 0. The van der Waals surface area contributed by atoms with Gasteiger partial charge in [-0.05, 0) is 17.7 Å². The highest BCUT2D eigenvalue weighted by Gasteiger charge is 2.06. The maximum Gasteiger partial charge on any atom is 0.128 e. The molecule has 0 unspecified atom stereocenters. The first-order chi connectivity index (χ1) is 5.69. The molecule has 0 radical (unpaired) electrons. The van der Waals surface area contributed by atoms with Gasteiger partial charge in [0, 0.05) is 5.33 Å². The molecule has 12 heavy (non-hydrogen) atoms. The Morgan fingerprint density at radius 2 is 2.25 bits per heavy atom. The minimum absolute atomic E-state index is 0.153. The summed E-state index contributed by atoms with van der Waals surface area (Å²) in [5.41, 5.74) is 0.739. The summed E-state index contributed by atoms with van der Waals surface area (Å²) in [6, 6.07) is 4.46. The maximum absolute atomic E-state index is 12.9. The van der Waals surface area contributed by atoms with E-state index in [1.807, 2.05) is 6.07 Å². The molecule has 0 spiro atoms. The topological polar surface area (TPSA) is 23.8 Å². The van der Waals surface area contributed by atoms with E-state index in [9.17, 15) is 4.39 Å². The van der Waals surface area contributed by atoms with Crippen LogP contribution in [-0.2, 0) is 5.33 Å². The zero-order chi connectivity index (χ0) is 9.14. The van der Waals surface area contributed by atoms with E-state index in [1.54, 1.807) is 0 Å². The van der Waals surface area contributed by atoms with Crippen molar-refractivity contribution in [1.29, 1.82) is 5.26 Å². The molecule has 0 aliphatic carbocycles. The molecule has 0 aliphatic rings. The Morgan fingerprint density at radius 3 is 2.75 bits per heavy atom.